The maximum absolute atomic E-state index is 13.8. The van der Waals surface area contributed by atoms with Gasteiger partial charge in [0.25, 0.3) is 0 Å². The highest BCUT2D eigenvalue weighted by Gasteiger charge is 2.54. The lowest BCUT2D eigenvalue weighted by atomic mass is 9.63. The van der Waals surface area contributed by atoms with Crippen molar-refractivity contribution in [3.05, 3.63) is 53.6 Å². The number of allylic oxidation sites excluding steroid dienone is 3. The largest absolute Gasteiger partial charge is 0.497 e. The molecule has 2 bridgehead atoms. The molecule has 6 heteroatoms. The van der Waals surface area contributed by atoms with Gasteiger partial charge in [0, 0.05) is 18.3 Å². The minimum Gasteiger partial charge on any atom is -0.497 e. The molecule has 1 saturated carbocycles. The number of ether oxygens (including phenoxy) is 4. The first-order chi connectivity index (χ1) is 18.8. The van der Waals surface area contributed by atoms with Crippen molar-refractivity contribution >= 4 is 12.1 Å². The highest BCUT2D eigenvalue weighted by atomic mass is 16.7. The minimum atomic E-state index is -0.651. The second-order valence-electron chi connectivity index (χ2n) is 11.9. The second kappa shape index (κ2) is 13.4. The third-order valence-electron chi connectivity index (χ3n) is 8.86. The Kier molecular flexibility index (Phi) is 10.2. The van der Waals surface area contributed by atoms with Crippen molar-refractivity contribution in [3.63, 3.8) is 0 Å². The Morgan fingerprint density at radius 3 is 2.49 bits per heavy atom. The number of aldehydes is 1. The van der Waals surface area contributed by atoms with Gasteiger partial charge in [0.1, 0.15) is 17.8 Å². The van der Waals surface area contributed by atoms with Crippen LogP contribution in [0.25, 0.3) is 0 Å². The molecule has 39 heavy (non-hydrogen) atoms. The highest BCUT2D eigenvalue weighted by Crippen LogP contribution is 2.52. The SMILES string of the molecule is C/C=C/CCCCC[C@@H]1C=C2[C@H](OCc3ccc(OC)cc3)[C@H](C(=O)CCC23COC(C)(C)OC3)[C@H]1CC=O. The fourth-order valence-electron chi connectivity index (χ4n) is 6.53. The molecule has 1 heterocycles. The summed E-state index contributed by atoms with van der Waals surface area (Å²) < 4.78 is 24.4. The van der Waals surface area contributed by atoms with Crippen LogP contribution in [-0.2, 0) is 30.4 Å². The van der Waals surface area contributed by atoms with Gasteiger partial charge in [-0.05, 0) is 81.6 Å². The Hall–Kier alpha value is -2.28. The van der Waals surface area contributed by atoms with Crippen LogP contribution in [0.3, 0.4) is 0 Å². The van der Waals surface area contributed by atoms with Crippen LogP contribution in [0.5, 0.6) is 5.75 Å². The third-order valence-corrected chi connectivity index (χ3v) is 8.86. The average Bonchev–Trinajstić information content (AvgIpc) is 3.01. The van der Waals surface area contributed by atoms with E-state index >= 15 is 0 Å². The zero-order valence-corrected chi connectivity index (χ0v) is 24.2. The number of benzene rings is 1. The van der Waals surface area contributed by atoms with E-state index < -0.39 is 17.3 Å². The van der Waals surface area contributed by atoms with Gasteiger partial charge in [-0.2, -0.15) is 0 Å². The van der Waals surface area contributed by atoms with E-state index in [0.29, 0.717) is 39.1 Å². The lowest BCUT2D eigenvalue weighted by Gasteiger charge is -2.49. The predicted molar refractivity (Wildman–Crippen MR) is 151 cm³/mol. The summed E-state index contributed by atoms with van der Waals surface area (Å²) in [4.78, 5) is 25.7. The van der Waals surface area contributed by atoms with Gasteiger partial charge in [0.2, 0.25) is 0 Å². The van der Waals surface area contributed by atoms with Crippen molar-refractivity contribution in [1.82, 2.24) is 0 Å². The minimum absolute atomic E-state index is 0.0489. The van der Waals surface area contributed by atoms with Crippen LogP contribution >= 0.6 is 0 Å². The van der Waals surface area contributed by atoms with Crippen molar-refractivity contribution in [3.8, 4) is 5.75 Å². The zero-order chi connectivity index (χ0) is 27.9. The number of methoxy groups -OCH3 is 1. The van der Waals surface area contributed by atoms with Crippen LogP contribution in [0.1, 0.15) is 77.7 Å². The summed E-state index contributed by atoms with van der Waals surface area (Å²) in [5.74, 6) is 0.115. The number of unbranched alkanes of at least 4 members (excludes halogenated alkanes) is 3. The van der Waals surface area contributed by atoms with Crippen LogP contribution in [-0.4, -0.2) is 44.3 Å². The summed E-state index contributed by atoms with van der Waals surface area (Å²) in [6, 6.07) is 7.83. The molecule has 0 N–H and O–H groups in total. The molecule has 0 amide bonds. The van der Waals surface area contributed by atoms with Gasteiger partial charge in [-0.25, -0.2) is 0 Å². The van der Waals surface area contributed by atoms with E-state index in [-0.39, 0.29) is 23.5 Å². The molecule has 1 aromatic rings. The van der Waals surface area contributed by atoms with Crippen molar-refractivity contribution in [1.29, 1.82) is 0 Å². The molecule has 1 aliphatic heterocycles. The molecule has 6 nitrogen and oxygen atoms in total. The Morgan fingerprint density at radius 1 is 1.08 bits per heavy atom. The molecule has 4 rings (SSSR count). The van der Waals surface area contributed by atoms with E-state index in [4.69, 9.17) is 18.9 Å². The molecule has 0 aromatic heterocycles. The van der Waals surface area contributed by atoms with Crippen LogP contribution < -0.4 is 4.74 Å². The number of carbonyl (C=O) groups is 2. The van der Waals surface area contributed by atoms with Gasteiger partial charge in [-0.3, -0.25) is 4.79 Å². The number of Topliss-reactive ketones (excluding diaryl/α,β-unsaturated/α-hetero) is 1. The fourth-order valence-corrected chi connectivity index (χ4v) is 6.53. The first kappa shape index (κ1) is 29.7. The highest BCUT2D eigenvalue weighted by molar-refractivity contribution is 5.84. The summed E-state index contributed by atoms with van der Waals surface area (Å²) in [5, 5.41) is 0. The summed E-state index contributed by atoms with van der Waals surface area (Å²) in [5.41, 5.74) is 1.76. The van der Waals surface area contributed by atoms with Crippen molar-refractivity contribution < 1.29 is 28.5 Å². The normalized spacial score (nSPS) is 27.8. The van der Waals surface area contributed by atoms with Gasteiger partial charge in [-0.15, -0.1) is 0 Å². The molecule has 4 atom stereocenters. The molecular weight excluding hydrogens is 492 g/mol. The standard InChI is InChI=1S/C33H46O6/c1-5-6-7-8-9-10-11-25-20-28-31(37-21-24-12-14-26(36-4)15-13-24)30(27(25)17-19-34)29(35)16-18-33(28)22-38-32(2,3)39-23-33/h5-6,12-15,19-20,25,27,30-31H,7-11,16-18,21-23H2,1-4H3/b6-5+/t25-,27+,30+,31+/m1/s1. The maximum Gasteiger partial charge on any atom is 0.162 e. The maximum atomic E-state index is 13.8. The second-order valence-corrected chi connectivity index (χ2v) is 11.9. The van der Waals surface area contributed by atoms with Crippen molar-refractivity contribution in [2.24, 2.45) is 23.2 Å². The lowest BCUT2D eigenvalue weighted by Crippen LogP contribution is -2.52. The van der Waals surface area contributed by atoms with Crippen LogP contribution in [0, 0.1) is 23.2 Å². The first-order valence-corrected chi connectivity index (χ1v) is 14.6. The zero-order valence-electron chi connectivity index (χ0n) is 24.2. The van der Waals surface area contributed by atoms with E-state index in [1.807, 2.05) is 38.1 Å². The van der Waals surface area contributed by atoms with Gasteiger partial charge in [-0.1, -0.05) is 43.2 Å². The molecular formula is C33H46O6. The molecule has 0 radical (unpaired) electrons. The van der Waals surface area contributed by atoms with E-state index in [1.165, 1.54) is 0 Å². The topological polar surface area (TPSA) is 71.1 Å². The summed E-state index contributed by atoms with van der Waals surface area (Å²) in [7, 11) is 1.65. The smallest absolute Gasteiger partial charge is 0.162 e. The van der Waals surface area contributed by atoms with Gasteiger partial charge >= 0.3 is 0 Å². The van der Waals surface area contributed by atoms with Crippen LogP contribution in [0.4, 0.5) is 0 Å². The number of carbonyl (C=O) groups excluding carboxylic acids is 2. The van der Waals surface area contributed by atoms with Crippen LogP contribution in [0.15, 0.2) is 48.1 Å². The third kappa shape index (κ3) is 7.08. The Balaban J connectivity index is 1.65. The molecule has 3 aliphatic rings. The first-order valence-electron chi connectivity index (χ1n) is 14.6. The molecule has 2 fully saturated rings. The lowest BCUT2D eigenvalue weighted by molar-refractivity contribution is -0.281. The van der Waals surface area contributed by atoms with Crippen molar-refractivity contribution in [2.75, 3.05) is 20.3 Å². The van der Waals surface area contributed by atoms with E-state index in [9.17, 15) is 9.59 Å². The number of hydrogen-bond acceptors (Lipinski definition) is 6. The number of ketones is 1. The number of fused-ring (bicyclic) bond motifs is 3. The number of rotatable bonds is 12. The van der Waals surface area contributed by atoms with E-state index in [0.717, 1.165) is 55.3 Å². The van der Waals surface area contributed by atoms with Gasteiger partial charge in [0.15, 0.2) is 5.79 Å². The molecule has 214 valence electrons. The van der Waals surface area contributed by atoms with E-state index in [2.05, 4.69) is 25.2 Å². The Labute approximate surface area is 234 Å². The molecule has 1 aromatic carbocycles. The van der Waals surface area contributed by atoms with E-state index in [1.54, 1.807) is 7.11 Å². The van der Waals surface area contributed by atoms with Crippen LogP contribution in [0.2, 0.25) is 0 Å². The van der Waals surface area contributed by atoms with Gasteiger partial charge < -0.3 is 23.7 Å². The summed E-state index contributed by atoms with van der Waals surface area (Å²) in [6.07, 6.45) is 14.2. The average molecular weight is 539 g/mol. The molecule has 1 spiro atoms. The van der Waals surface area contributed by atoms with Gasteiger partial charge in [0.05, 0.1) is 39.0 Å². The molecule has 1 saturated heterocycles. The molecule has 2 aliphatic carbocycles. The summed E-state index contributed by atoms with van der Waals surface area (Å²) >= 11 is 0. The monoisotopic (exact) mass is 538 g/mol. The van der Waals surface area contributed by atoms with Crippen molar-refractivity contribution in [2.45, 2.75) is 90.6 Å². The predicted octanol–water partition coefficient (Wildman–Crippen LogP) is 6.62. The molecule has 0 unspecified atom stereocenters. The Bertz CT molecular complexity index is 1010. The quantitative estimate of drug-likeness (QED) is 0.169. The number of hydrogen-bond donors (Lipinski definition) is 0. The summed E-state index contributed by atoms with van der Waals surface area (Å²) in [6.45, 7) is 7.32. The Morgan fingerprint density at radius 2 is 1.82 bits per heavy atom. The fraction of sp³-hybridized carbons (Fsp3) is 0.636.